The first-order valence-corrected chi connectivity index (χ1v) is 6.74. The van der Waals surface area contributed by atoms with Gasteiger partial charge in [-0.2, -0.15) is 0 Å². The van der Waals surface area contributed by atoms with Gasteiger partial charge in [-0.15, -0.1) is 0 Å². The zero-order chi connectivity index (χ0) is 14.4. The quantitative estimate of drug-likeness (QED) is 0.906. The lowest BCUT2D eigenvalue weighted by Crippen LogP contribution is -2.30. The van der Waals surface area contributed by atoms with Crippen LogP contribution in [0.15, 0.2) is 42.5 Å². The van der Waals surface area contributed by atoms with Crippen LogP contribution in [0.1, 0.15) is 11.3 Å². The molecule has 2 amide bonds. The van der Waals surface area contributed by atoms with E-state index in [1.807, 2.05) is 43.3 Å². The van der Waals surface area contributed by atoms with Crippen molar-refractivity contribution in [3.63, 3.8) is 0 Å². The smallest absolute Gasteiger partial charge is 0.320 e. The van der Waals surface area contributed by atoms with E-state index in [9.17, 15) is 4.79 Å². The molecule has 2 N–H and O–H groups in total. The highest BCUT2D eigenvalue weighted by molar-refractivity contribution is 6.30. The molecule has 0 aliphatic rings. The van der Waals surface area contributed by atoms with E-state index in [1.165, 1.54) is 0 Å². The maximum Gasteiger partial charge on any atom is 0.320 e. The second kappa shape index (κ2) is 6.91. The summed E-state index contributed by atoms with van der Waals surface area (Å²) in [6.07, 6.45) is 0.731. The van der Waals surface area contributed by atoms with Gasteiger partial charge in [-0.3, -0.25) is 5.32 Å². The summed E-state index contributed by atoms with van der Waals surface area (Å²) >= 11 is 5.90. The lowest BCUT2D eigenvalue weighted by Gasteiger charge is -2.07. The SMILES string of the molecule is Cc1cccc(NC(=O)NCCc2cccc(Cl)c2)n1. The summed E-state index contributed by atoms with van der Waals surface area (Å²) in [5.41, 5.74) is 1.95. The van der Waals surface area contributed by atoms with Gasteiger partial charge in [0.1, 0.15) is 5.82 Å². The number of nitrogens with zero attached hydrogens (tertiary/aromatic N) is 1. The summed E-state index contributed by atoms with van der Waals surface area (Å²) in [6.45, 7) is 2.42. The summed E-state index contributed by atoms with van der Waals surface area (Å²) in [5, 5.41) is 6.18. The van der Waals surface area contributed by atoms with E-state index in [4.69, 9.17) is 11.6 Å². The van der Waals surface area contributed by atoms with E-state index in [1.54, 1.807) is 6.07 Å². The van der Waals surface area contributed by atoms with E-state index in [0.717, 1.165) is 17.7 Å². The molecular formula is C15H16ClN3O. The van der Waals surface area contributed by atoms with Gasteiger partial charge in [-0.25, -0.2) is 9.78 Å². The number of rotatable bonds is 4. The number of carbonyl (C=O) groups excluding carboxylic acids is 1. The van der Waals surface area contributed by atoms with Crippen LogP contribution < -0.4 is 10.6 Å². The Balaban J connectivity index is 1.78. The van der Waals surface area contributed by atoms with E-state index < -0.39 is 0 Å². The molecule has 0 atom stereocenters. The molecule has 5 heteroatoms. The third-order valence-corrected chi connectivity index (χ3v) is 2.95. The topological polar surface area (TPSA) is 54.0 Å². The van der Waals surface area contributed by atoms with Crippen LogP contribution in [0.4, 0.5) is 10.6 Å². The molecule has 1 aromatic heterocycles. The fourth-order valence-electron chi connectivity index (χ4n) is 1.79. The highest BCUT2D eigenvalue weighted by Gasteiger charge is 2.02. The molecule has 0 aliphatic heterocycles. The van der Waals surface area contributed by atoms with Crippen LogP contribution in [-0.2, 0) is 6.42 Å². The molecule has 0 bridgehead atoms. The molecule has 2 rings (SSSR count). The molecule has 4 nitrogen and oxygen atoms in total. The number of amides is 2. The monoisotopic (exact) mass is 289 g/mol. The fourth-order valence-corrected chi connectivity index (χ4v) is 2.00. The highest BCUT2D eigenvalue weighted by atomic mass is 35.5. The van der Waals surface area contributed by atoms with Crippen molar-refractivity contribution in [1.82, 2.24) is 10.3 Å². The number of halogens is 1. The maximum atomic E-state index is 11.7. The minimum atomic E-state index is -0.259. The summed E-state index contributed by atoms with van der Waals surface area (Å²) in [6, 6.07) is 12.8. The van der Waals surface area contributed by atoms with Crippen molar-refractivity contribution in [2.45, 2.75) is 13.3 Å². The molecule has 20 heavy (non-hydrogen) atoms. The van der Waals surface area contributed by atoms with Gasteiger partial charge in [0, 0.05) is 17.3 Å². The number of carbonyl (C=O) groups is 1. The molecule has 0 radical (unpaired) electrons. The summed E-state index contributed by atoms with van der Waals surface area (Å²) in [5.74, 6) is 0.547. The van der Waals surface area contributed by atoms with Gasteiger partial charge in [0.05, 0.1) is 0 Å². The second-order valence-electron chi connectivity index (χ2n) is 4.43. The third kappa shape index (κ3) is 4.55. The molecular weight excluding hydrogens is 274 g/mol. The van der Waals surface area contributed by atoms with Gasteiger partial charge in [0.25, 0.3) is 0 Å². The number of nitrogens with one attached hydrogen (secondary N) is 2. The number of pyridine rings is 1. The Labute approximate surface area is 123 Å². The van der Waals surface area contributed by atoms with Crippen LogP contribution in [0.3, 0.4) is 0 Å². The van der Waals surface area contributed by atoms with Gasteiger partial charge in [0.2, 0.25) is 0 Å². The number of hydrogen-bond acceptors (Lipinski definition) is 2. The molecule has 0 saturated heterocycles. The van der Waals surface area contributed by atoms with Crippen LogP contribution in [0.5, 0.6) is 0 Å². The van der Waals surface area contributed by atoms with E-state index in [0.29, 0.717) is 17.4 Å². The number of hydrogen-bond donors (Lipinski definition) is 2. The Hall–Kier alpha value is -2.07. The number of benzene rings is 1. The molecule has 0 saturated carbocycles. The van der Waals surface area contributed by atoms with Crippen molar-refractivity contribution >= 4 is 23.4 Å². The largest absolute Gasteiger partial charge is 0.337 e. The predicted molar refractivity (Wildman–Crippen MR) is 81.2 cm³/mol. The first-order chi connectivity index (χ1) is 9.63. The molecule has 0 unspecified atom stereocenters. The van der Waals surface area contributed by atoms with Crippen LogP contribution >= 0.6 is 11.6 Å². The number of aryl methyl sites for hydroxylation is 1. The average Bonchev–Trinajstić information content (AvgIpc) is 2.38. The lowest BCUT2D eigenvalue weighted by molar-refractivity contribution is 0.252. The molecule has 2 aromatic rings. The number of urea groups is 1. The maximum absolute atomic E-state index is 11.7. The van der Waals surface area contributed by atoms with E-state index in [2.05, 4.69) is 15.6 Å². The molecule has 1 heterocycles. The van der Waals surface area contributed by atoms with Crippen molar-refractivity contribution in [2.75, 3.05) is 11.9 Å². The Morgan fingerprint density at radius 1 is 1.25 bits per heavy atom. The first-order valence-electron chi connectivity index (χ1n) is 6.36. The van der Waals surface area contributed by atoms with Gasteiger partial charge in [-0.05, 0) is 43.2 Å². The zero-order valence-corrected chi connectivity index (χ0v) is 11.9. The van der Waals surface area contributed by atoms with Crippen molar-refractivity contribution in [1.29, 1.82) is 0 Å². The highest BCUT2D eigenvalue weighted by Crippen LogP contribution is 2.10. The standard InChI is InChI=1S/C15H16ClN3O/c1-11-4-2-7-14(18-11)19-15(20)17-9-8-12-5-3-6-13(16)10-12/h2-7,10H,8-9H2,1H3,(H2,17,18,19,20). The van der Waals surface area contributed by atoms with Gasteiger partial charge >= 0.3 is 6.03 Å². The summed E-state index contributed by atoms with van der Waals surface area (Å²) < 4.78 is 0. The van der Waals surface area contributed by atoms with Crippen molar-refractivity contribution in [3.8, 4) is 0 Å². The Morgan fingerprint density at radius 2 is 2.05 bits per heavy atom. The molecule has 0 fully saturated rings. The molecule has 104 valence electrons. The van der Waals surface area contributed by atoms with E-state index in [-0.39, 0.29) is 6.03 Å². The average molecular weight is 290 g/mol. The van der Waals surface area contributed by atoms with Gasteiger partial charge in [-0.1, -0.05) is 29.8 Å². The van der Waals surface area contributed by atoms with Gasteiger partial charge < -0.3 is 5.32 Å². The Kier molecular flexibility index (Phi) is 4.96. The number of aromatic nitrogens is 1. The lowest BCUT2D eigenvalue weighted by atomic mass is 10.1. The Bertz CT molecular complexity index is 601. The fraction of sp³-hybridized carbons (Fsp3) is 0.200. The third-order valence-electron chi connectivity index (χ3n) is 2.72. The van der Waals surface area contributed by atoms with Crippen LogP contribution in [0, 0.1) is 6.92 Å². The normalized spacial score (nSPS) is 10.1. The van der Waals surface area contributed by atoms with E-state index >= 15 is 0 Å². The minimum Gasteiger partial charge on any atom is -0.337 e. The van der Waals surface area contributed by atoms with Crippen LogP contribution in [-0.4, -0.2) is 17.6 Å². The first kappa shape index (κ1) is 14.3. The van der Waals surface area contributed by atoms with Crippen LogP contribution in [0.25, 0.3) is 0 Å². The molecule has 0 aliphatic carbocycles. The summed E-state index contributed by atoms with van der Waals surface area (Å²) in [4.78, 5) is 15.9. The van der Waals surface area contributed by atoms with Crippen molar-refractivity contribution < 1.29 is 4.79 Å². The molecule has 1 aromatic carbocycles. The second-order valence-corrected chi connectivity index (χ2v) is 4.86. The van der Waals surface area contributed by atoms with Crippen LogP contribution in [0.2, 0.25) is 5.02 Å². The van der Waals surface area contributed by atoms with Crippen molar-refractivity contribution in [2.24, 2.45) is 0 Å². The Morgan fingerprint density at radius 3 is 2.80 bits per heavy atom. The summed E-state index contributed by atoms with van der Waals surface area (Å²) in [7, 11) is 0. The number of anilines is 1. The van der Waals surface area contributed by atoms with Gasteiger partial charge in [0.15, 0.2) is 0 Å². The zero-order valence-electron chi connectivity index (χ0n) is 11.2. The predicted octanol–water partition coefficient (Wildman–Crippen LogP) is 3.41. The minimum absolute atomic E-state index is 0.259. The molecule has 0 spiro atoms. The van der Waals surface area contributed by atoms with Crippen molar-refractivity contribution in [3.05, 3.63) is 58.7 Å².